The first-order valence-electron chi connectivity index (χ1n) is 12.4. The molecule has 1 N–H and O–H groups in total. The lowest BCUT2D eigenvalue weighted by atomic mass is 9.98. The Morgan fingerprint density at radius 3 is 2.46 bits per heavy atom. The van der Waals surface area contributed by atoms with E-state index in [2.05, 4.69) is 4.98 Å². The summed E-state index contributed by atoms with van der Waals surface area (Å²) >= 11 is 0. The minimum Gasteiger partial charge on any atom is -0.489 e. The van der Waals surface area contributed by atoms with Crippen LogP contribution in [-0.2, 0) is 13.2 Å². The zero-order chi connectivity index (χ0) is 25.9. The van der Waals surface area contributed by atoms with Crippen molar-refractivity contribution in [2.75, 3.05) is 19.7 Å². The van der Waals surface area contributed by atoms with E-state index in [1.54, 1.807) is 34.1 Å². The van der Waals surface area contributed by atoms with E-state index in [1.165, 1.54) is 0 Å². The number of aromatic nitrogens is 3. The molecule has 2 aromatic carbocycles. The molecule has 0 saturated heterocycles. The zero-order valence-electron chi connectivity index (χ0n) is 20.9. The zero-order valence-corrected chi connectivity index (χ0v) is 20.9. The number of rotatable bonds is 8. The molecule has 5 rings (SSSR count). The van der Waals surface area contributed by atoms with Crippen LogP contribution in [0, 0.1) is 5.82 Å². The molecule has 2 aromatic heterocycles. The Morgan fingerprint density at radius 2 is 1.78 bits per heavy atom. The van der Waals surface area contributed by atoms with Crippen molar-refractivity contribution in [2.24, 2.45) is 0 Å². The van der Waals surface area contributed by atoms with E-state index in [0.717, 1.165) is 22.3 Å². The molecule has 7 nitrogen and oxygen atoms in total. The number of amides is 1. The summed E-state index contributed by atoms with van der Waals surface area (Å²) in [5.74, 6) is 0.410. The molecule has 0 unspecified atom stereocenters. The van der Waals surface area contributed by atoms with Gasteiger partial charge in [0.05, 0.1) is 13.2 Å². The summed E-state index contributed by atoms with van der Waals surface area (Å²) in [5.41, 5.74) is 5.02. The first-order valence-corrected chi connectivity index (χ1v) is 12.4. The Labute approximate surface area is 215 Å². The number of fused-ring (bicyclic) bond motifs is 1. The van der Waals surface area contributed by atoms with Crippen LogP contribution in [-0.4, -0.2) is 50.4 Å². The molecule has 4 aromatic rings. The highest BCUT2D eigenvalue weighted by atomic mass is 19.1. The standard InChI is InChI=1S/C29H29FN4O3/c1-19(2)22-3-4-23(25(30)17-22)18-37-24-7-5-20(6-8-24)26-27(21-9-11-31-12-10-21)32-34-14-13-33(15-16-35)29(36)28(26)34/h3-12,17,19,35H,13-16,18H2,1-2H3. The maximum atomic E-state index is 14.5. The molecule has 0 saturated carbocycles. The van der Waals surface area contributed by atoms with Gasteiger partial charge in [0.25, 0.3) is 5.91 Å². The summed E-state index contributed by atoms with van der Waals surface area (Å²) in [7, 11) is 0. The van der Waals surface area contributed by atoms with Crippen LogP contribution in [0.2, 0.25) is 0 Å². The van der Waals surface area contributed by atoms with Gasteiger partial charge in [0.1, 0.15) is 29.6 Å². The Balaban J connectivity index is 1.45. The van der Waals surface area contributed by atoms with Crippen molar-refractivity contribution in [1.29, 1.82) is 0 Å². The average molecular weight is 501 g/mol. The molecule has 1 aliphatic rings. The van der Waals surface area contributed by atoms with Crippen LogP contribution in [0.3, 0.4) is 0 Å². The predicted octanol–water partition coefficient (Wildman–Crippen LogP) is 4.90. The van der Waals surface area contributed by atoms with Gasteiger partial charge in [-0.25, -0.2) is 4.39 Å². The summed E-state index contributed by atoms with van der Waals surface area (Å²) in [5, 5.41) is 14.2. The number of carbonyl (C=O) groups excluding carboxylic acids is 1. The number of aliphatic hydroxyl groups is 1. The molecule has 0 atom stereocenters. The number of carbonyl (C=O) groups is 1. The molecule has 0 radical (unpaired) electrons. The number of β-amino-alcohol motifs (C(OH)–C–C–N with tert-alkyl or cyclic N) is 1. The van der Waals surface area contributed by atoms with Gasteiger partial charge in [-0.15, -0.1) is 0 Å². The second-order valence-electron chi connectivity index (χ2n) is 9.37. The van der Waals surface area contributed by atoms with Crippen molar-refractivity contribution in [1.82, 2.24) is 19.7 Å². The lowest BCUT2D eigenvalue weighted by Crippen LogP contribution is -2.42. The summed E-state index contributed by atoms with van der Waals surface area (Å²) < 4.78 is 22.1. The molecule has 8 heteroatoms. The molecule has 37 heavy (non-hydrogen) atoms. The number of benzene rings is 2. The molecule has 1 aliphatic heterocycles. The predicted molar refractivity (Wildman–Crippen MR) is 139 cm³/mol. The normalized spacial score (nSPS) is 13.2. The maximum absolute atomic E-state index is 14.5. The van der Waals surface area contributed by atoms with Crippen molar-refractivity contribution in [3.63, 3.8) is 0 Å². The highest BCUT2D eigenvalue weighted by Crippen LogP contribution is 2.37. The van der Waals surface area contributed by atoms with E-state index in [9.17, 15) is 14.3 Å². The number of hydrogen-bond donors (Lipinski definition) is 1. The van der Waals surface area contributed by atoms with E-state index in [0.29, 0.717) is 35.8 Å². The lowest BCUT2D eigenvalue weighted by molar-refractivity contribution is 0.0662. The van der Waals surface area contributed by atoms with Gasteiger partial charge in [-0.05, 0) is 47.4 Å². The lowest BCUT2D eigenvalue weighted by Gasteiger charge is -2.27. The van der Waals surface area contributed by atoms with Crippen LogP contribution in [0.4, 0.5) is 4.39 Å². The molecule has 1 amide bonds. The van der Waals surface area contributed by atoms with Gasteiger partial charge >= 0.3 is 0 Å². The second kappa shape index (κ2) is 10.5. The van der Waals surface area contributed by atoms with Crippen LogP contribution < -0.4 is 4.74 Å². The van der Waals surface area contributed by atoms with Crippen molar-refractivity contribution in [2.45, 2.75) is 32.9 Å². The Morgan fingerprint density at radius 1 is 1.03 bits per heavy atom. The van der Waals surface area contributed by atoms with Crippen molar-refractivity contribution in [3.8, 4) is 28.1 Å². The van der Waals surface area contributed by atoms with Gasteiger partial charge in [-0.1, -0.05) is 38.1 Å². The van der Waals surface area contributed by atoms with Crippen molar-refractivity contribution in [3.05, 3.63) is 89.6 Å². The summed E-state index contributed by atoms with van der Waals surface area (Å²) in [4.78, 5) is 19.1. The van der Waals surface area contributed by atoms with E-state index in [-0.39, 0.29) is 37.4 Å². The fourth-order valence-electron chi connectivity index (χ4n) is 4.55. The van der Waals surface area contributed by atoms with Gasteiger partial charge in [-0.3, -0.25) is 14.5 Å². The van der Waals surface area contributed by atoms with Gasteiger partial charge in [0.15, 0.2) is 0 Å². The largest absolute Gasteiger partial charge is 0.489 e. The Bertz CT molecular complexity index is 1400. The third-order valence-electron chi connectivity index (χ3n) is 6.63. The molecule has 0 spiro atoms. The topological polar surface area (TPSA) is 80.5 Å². The van der Waals surface area contributed by atoms with E-state index >= 15 is 0 Å². The Kier molecular flexibility index (Phi) is 7.01. The number of hydrogen-bond acceptors (Lipinski definition) is 5. The molecule has 0 bridgehead atoms. The fourth-order valence-corrected chi connectivity index (χ4v) is 4.55. The highest BCUT2D eigenvalue weighted by molar-refractivity contribution is 6.03. The quantitative estimate of drug-likeness (QED) is 0.372. The van der Waals surface area contributed by atoms with Crippen molar-refractivity contribution >= 4 is 5.91 Å². The number of ether oxygens (including phenoxy) is 1. The van der Waals surface area contributed by atoms with Crippen LogP contribution in [0.1, 0.15) is 41.4 Å². The molecule has 0 fully saturated rings. The average Bonchev–Trinajstić information content (AvgIpc) is 3.31. The van der Waals surface area contributed by atoms with Gasteiger partial charge in [0.2, 0.25) is 0 Å². The van der Waals surface area contributed by atoms with E-state index in [4.69, 9.17) is 9.84 Å². The smallest absolute Gasteiger partial charge is 0.272 e. The number of halogens is 1. The second-order valence-corrected chi connectivity index (χ2v) is 9.37. The van der Waals surface area contributed by atoms with Crippen LogP contribution in [0.5, 0.6) is 5.75 Å². The molecule has 190 valence electrons. The third kappa shape index (κ3) is 4.97. The van der Waals surface area contributed by atoms with E-state index < -0.39 is 0 Å². The Hall–Kier alpha value is -4.04. The summed E-state index contributed by atoms with van der Waals surface area (Å²) in [6.45, 7) is 5.38. The molecule has 0 aliphatic carbocycles. The van der Waals surface area contributed by atoms with Crippen LogP contribution >= 0.6 is 0 Å². The third-order valence-corrected chi connectivity index (χ3v) is 6.63. The molecule has 3 heterocycles. The van der Waals surface area contributed by atoms with Gasteiger partial charge in [-0.2, -0.15) is 5.10 Å². The van der Waals surface area contributed by atoms with Crippen molar-refractivity contribution < 1.29 is 19.0 Å². The van der Waals surface area contributed by atoms with Gasteiger partial charge < -0.3 is 14.7 Å². The molecular weight excluding hydrogens is 471 g/mol. The minimum atomic E-state index is -0.276. The first kappa shape index (κ1) is 24.6. The summed E-state index contributed by atoms with van der Waals surface area (Å²) in [6.07, 6.45) is 3.39. The molecular formula is C29H29FN4O3. The van der Waals surface area contributed by atoms with Gasteiger partial charge in [0, 0.05) is 42.2 Å². The van der Waals surface area contributed by atoms with Crippen LogP contribution in [0.15, 0.2) is 67.0 Å². The van der Waals surface area contributed by atoms with E-state index in [1.807, 2.05) is 56.3 Å². The number of aliphatic hydroxyl groups excluding tert-OH is 1. The number of pyridine rings is 1. The first-order chi connectivity index (χ1) is 18.0. The maximum Gasteiger partial charge on any atom is 0.272 e. The SMILES string of the molecule is CC(C)c1ccc(COc2ccc(-c3c(-c4ccncc4)nn4c3C(=O)N(CCO)CC4)cc2)c(F)c1. The monoisotopic (exact) mass is 500 g/mol. The van der Waals surface area contributed by atoms with Crippen LogP contribution in [0.25, 0.3) is 22.4 Å². The minimum absolute atomic E-state index is 0.0980. The fraction of sp³-hybridized carbons (Fsp3) is 0.276. The highest BCUT2D eigenvalue weighted by Gasteiger charge is 2.32. The number of nitrogens with zero attached hydrogens (tertiary/aromatic N) is 4. The summed E-state index contributed by atoms with van der Waals surface area (Å²) in [6, 6.07) is 16.4.